The number of benzene rings is 3. The SMILES string of the molecule is CNC(=O)[C@@H](Cc1ccccc1)N(Cc1ccc(Cl)cc1Cl)C(=O)CCCOc1ccc(C)cc1. The van der Waals surface area contributed by atoms with Gasteiger partial charge in [-0.3, -0.25) is 9.59 Å². The highest BCUT2D eigenvalue weighted by Gasteiger charge is 2.30. The van der Waals surface area contributed by atoms with Crippen molar-refractivity contribution in [2.24, 2.45) is 0 Å². The van der Waals surface area contributed by atoms with E-state index in [0.29, 0.717) is 29.5 Å². The van der Waals surface area contributed by atoms with Gasteiger partial charge in [-0.25, -0.2) is 0 Å². The lowest BCUT2D eigenvalue weighted by atomic mass is 10.0. The predicted molar refractivity (Wildman–Crippen MR) is 141 cm³/mol. The van der Waals surface area contributed by atoms with Crippen molar-refractivity contribution in [1.82, 2.24) is 10.2 Å². The van der Waals surface area contributed by atoms with E-state index in [1.807, 2.05) is 61.5 Å². The van der Waals surface area contributed by atoms with Crippen LogP contribution in [-0.2, 0) is 22.6 Å². The molecule has 184 valence electrons. The summed E-state index contributed by atoms with van der Waals surface area (Å²) >= 11 is 12.5. The Morgan fingerprint density at radius 3 is 2.37 bits per heavy atom. The van der Waals surface area contributed by atoms with Crippen molar-refractivity contribution in [2.75, 3.05) is 13.7 Å². The van der Waals surface area contributed by atoms with Crippen molar-refractivity contribution in [3.63, 3.8) is 0 Å². The molecule has 0 aliphatic rings. The lowest BCUT2D eigenvalue weighted by molar-refractivity contribution is -0.141. The van der Waals surface area contributed by atoms with Crippen molar-refractivity contribution in [3.8, 4) is 5.75 Å². The predicted octanol–water partition coefficient (Wildman–Crippen LogP) is 5.85. The lowest BCUT2D eigenvalue weighted by Gasteiger charge is -2.31. The Balaban J connectivity index is 1.77. The highest BCUT2D eigenvalue weighted by Crippen LogP contribution is 2.24. The van der Waals surface area contributed by atoms with Crippen LogP contribution >= 0.6 is 23.2 Å². The monoisotopic (exact) mass is 512 g/mol. The standard InChI is InChI=1S/C28H30Cl2N2O3/c1-20-10-14-24(15-11-20)35-16-6-9-27(33)32(19-22-12-13-23(29)18-25(22)30)26(28(34)31-2)17-21-7-4-3-5-8-21/h3-5,7-8,10-15,18,26H,6,9,16-17,19H2,1-2H3,(H,31,34)/t26-/m1/s1. The minimum atomic E-state index is -0.695. The number of carbonyl (C=O) groups is 2. The van der Waals surface area contributed by atoms with Crippen molar-refractivity contribution in [3.05, 3.63) is 99.5 Å². The number of rotatable bonds is 11. The Kier molecular flexibility index (Phi) is 10.0. The summed E-state index contributed by atoms with van der Waals surface area (Å²) in [5, 5.41) is 3.68. The molecule has 0 aliphatic heterocycles. The second-order valence-corrected chi connectivity index (χ2v) is 9.19. The average molecular weight is 513 g/mol. The van der Waals surface area contributed by atoms with Gasteiger partial charge in [0, 0.05) is 36.5 Å². The molecule has 3 aromatic carbocycles. The fourth-order valence-corrected chi connectivity index (χ4v) is 4.21. The van der Waals surface area contributed by atoms with E-state index in [1.165, 1.54) is 0 Å². The van der Waals surface area contributed by atoms with Crippen molar-refractivity contribution >= 4 is 35.0 Å². The molecule has 0 saturated carbocycles. The molecule has 5 nitrogen and oxygen atoms in total. The summed E-state index contributed by atoms with van der Waals surface area (Å²) in [6, 6.07) is 21.9. The summed E-state index contributed by atoms with van der Waals surface area (Å²) < 4.78 is 5.78. The minimum Gasteiger partial charge on any atom is -0.494 e. The number of halogens is 2. The van der Waals surface area contributed by atoms with Crippen LogP contribution in [0.15, 0.2) is 72.8 Å². The summed E-state index contributed by atoms with van der Waals surface area (Å²) in [5.74, 6) is 0.386. The Labute approximate surface area is 217 Å². The maximum atomic E-state index is 13.5. The molecule has 0 radical (unpaired) electrons. The van der Waals surface area contributed by atoms with E-state index in [0.717, 1.165) is 22.4 Å². The van der Waals surface area contributed by atoms with E-state index in [4.69, 9.17) is 27.9 Å². The van der Waals surface area contributed by atoms with Gasteiger partial charge in [-0.05, 0) is 48.7 Å². The van der Waals surface area contributed by atoms with Gasteiger partial charge in [0.05, 0.1) is 6.61 Å². The molecule has 0 saturated heterocycles. The van der Waals surface area contributed by atoms with Crippen LogP contribution in [0.25, 0.3) is 0 Å². The van der Waals surface area contributed by atoms with Crippen LogP contribution in [0.3, 0.4) is 0 Å². The van der Waals surface area contributed by atoms with Gasteiger partial charge < -0.3 is 15.0 Å². The molecule has 1 atom stereocenters. The van der Waals surface area contributed by atoms with E-state index >= 15 is 0 Å². The first-order valence-electron chi connectivity index (χ1n) is 11.6. The first-order valence-corrected chi connectivity index (χ1v) is 12.3. The van der Waals surface area contributed by atoms with E-state index < -0.39 is 6.04 Å². The van der Waals surface area contributed by atoms with Crippen LogP contribution in [0.2, 0.25) is 10.0 Å². The van der Waals surface area contributed by atoms with Gasteiger partial charge in [-0.1, -0.05) is 77.3 Å². The first kappa shape index (κ1) is 26.6. The molecule has 0 spiro atoms. The summed E-state index contributed by atoms with van der Waals surface area (Å²) in [6.45, 7) is 2.61. The van der Waals surface area contributed by atoms with Crippen LogP contribution < -0.4 is 10.1 Å². The number of hydrogen-bond acceptors (Lipinski definition) is 3. The van der Waals surface area contributed by atoms with Crippen LogP contribution in [0.5, 0.6) is 5.75 Å². The molecule has 2 amide bonds. The average Bonchev–Trinajstić information content (AvgIpc) is 2.86. The molecule has 0 aliphatic carbocycles. The zero-order valence-electron chi connectivity index (χ0n) is 20.0. The number of amides is 2. The fourth-order valence-electron chi connectivity index (χ4n) is 3.75. The van der Waals surface area contributed by atoms with Crippen molar-refractivity contribution in [1.29, 1.82) is 0 Å². The maximum Gasteiger partial charge on any atom is 0.242 e. The zero-order chi connectivity index (χ0) is 25.2. The third kappa shape index (κ3) is 8.01. The van der Waals surface area contributed by atoms with Gasteiger partial charge >= 0.3 is 0 Å². The van der Waals surface area contributed by atoms with E-state index in [-0.39, 0.29) is 24.8 Å². The smallest absolute Gasteiger partial charge is 0.242 e. The van der Waals surface area contributed by atoms with E-state index in [2.05, 4.69) is 5.32 Å². The summed E-state index contributed by atoms with van der Waals surface area (Å²) in [7, 11) is 1.58. The quantitative estimate of drug-likeness (QED) is 0.328. The molecule has 7 heteroatoms. The van der Waals surface area contributed by atoms with Crippen LogP contribution in [-0.4, -0.2) is 36.4 Å². The number of hydrogen-bond donors (Lipinski definition) is 1. The van der Waals surface area contributed by atoms with Crippen molar-refractivity contribution in [2.45, 2.75) is 38.8 Å². The number of aryl methyl sites for hydroxylation is 1. The van der Waals surface area contributed by atoms with Gasteiger partial charge in [-0.2, -0.15) is 0 Å². The van der Waals surface area contributed by atoms with Gasteiger partial charge in [0.25, 0.3) is 0 Å². The molecule has 0 bridgehead atoms. The Morgan fingerprint density at radius 2 is 1.71 bits per heavy atom. The fraction of sp³-hybridized carbons (Fsp3) is 0.286. The van der Waals surface area contributed by atoms with Crippen molar-refractivity contribution < 1.29 is 14.3 Å². The third-order valence-electron chi connectivity index (χ3n) is 5.70. The maximum absolute atomic E-state index is 13.5. The summed E-state index contributed by atoms with van der Waals surface area (Å²) in [6.07, 6.45) is 1.14. The molecular weight excluding hydrogens is 483 g/mol. The van der Waals surface area contributed by atoms with E-state index in [9.17, 15) is 9.59 Å². The van der Waals surface area contributed by atoms with E-state index in [1.54, 1.807) is 30.1 Å². The Morgan fingerprint density at radius 1 is 1.00 bits per heavy atom. The zero-order valence-corrected chi connectivity index (χ0v) is 21.5. The van der Waals surface area contributed by atoms with Gasteiger partial charge in [0.15, 0.2) is 0 Å². The Bertz CT molecular complexity index is 1120. The molecule has 1 N–H and O–H groups in total. The Hall–Kier alpha value is -3.02. The summed E-state index contributed by atoms with van der Waals surface area (Å²) in [5.41, 5.74) is 2.84. The molecule has 3 rings (SSSR count). The molecule has 0 aromatic heterocycles. The highest BCUT2D eigenvalue weighted by molar-refractivity contribution is 6.35. The number of ether oxygens (including phenoxy) is 1. The molecule has 0 unspecified atom stereocenters. The number of carbonyl (C=O) groups excluding carboxylic acids is 2. The lowest BCUT2D eigenvalue weighted by Crippen LogP contribution is -2.49. The molecule has 0 fully saturated rings. The normalized spacial score (nSPS) is 11.5. The number of nitrogens with one attached hydrogen (secondary N) is 1. The summed E-state index contributed by atoms with van der Waals surface area (Å²) in [4.78, 5) is 28.0. The van der Waals surface area contributed by atoms with Crippen LogP contribution in [0.4, 0.5) is 0 Å². The molecule has 35 heavy (non-hydrogen) atoms. The number of likely N-dealkylation sites (N-methyl/N-ethyl adjacent to an activating group) is 1. The van der Waals surface area contributed by atoms with Crippen LogP contribution in [0, 0.1) is 6.92 Å². The molecule has 0 heterocycles. The largest absolute Gasteiger partial charge is 0.494 e. The second-order valence-electron chi connectivity index (χ2n) is 8.34. The molecular formula is C28H30Cl2N2O3. The van der Waals surface area contributed by atoms with Crippen LogP contribution in [0.1, 0.15) is 29.5 Å². The topological polar surface area (TPSA) is 58.6 Å². The number of nitrogens with zero attached hydrogens (tertiary/aromatic N) is 1. The third-order valence-corrected chi connectivity index (χ3v) is 6.28. The van der Waals surface area contributed by atoms with Gasteiger partial charge in [-0.15, -0.1) is 0 Å². The first-order chi connectivity index (χ1) is 16.9. The van der Waals surface area contributed by atoms with Gasteiger partial charge in [0.1, 0.15) is 11.8 Å². The minimum absolute atomic E-state index is 0.145. The second kappa shape index (κ2) is 13.2. The van der Waals surface area contributed by atoms with Gasteiger partial charge in [0.2, 0.25) is 11.8 Å². The highest BCUT2D eigenvalue weighted by atomic mass is 35.5. The molecule has 3 aromatic rings.